The average Bonchev–Trinajstić information content (AvgIpc) is 3.18. The maximum absolute atomic E-state index is 12.8. The van der Waals surface area contributed by atoms with Crippen LogP contribution in [0.4, 0.5) is 0 Å². The van der Waals surface area contributed by atoms with Crippen molar-refractivity contribution in [1.29, 1.82) is 0 Å². The predicted molar refractivity (Wildman–Crippen MR) is 229 cm³/mol. The van der Waals surface area contributed by atoms with Gasteiger partial charge in [0.1, 0.15) is 36.8 Å². The smallest absolute Gasteiger partial charge is 0.306 e. The summed E-state index contributed by atoms with van der Waals surface area (Å²) in [5, 5.41) is 30.8. The molecule has 0 aromatic carbocycles. The molecule has 334 valence electrons. The average molecular weight is 841 g/mol. The van der Waals surface area contributed by atoms with E-state index in [1.165, 1.54) is 44.9 Å². The van der Waals surface area contributed by atoms with E-state index in [1.54, 1.807) is 0 Å². The van der Waals surface area contributed by atoms with E-state index < -0.39 is 71.2 Å². The van der Waals surface area contributed by atoms with Gasteiger partial charge >= 0.3 is 11.9 Å². The third kappa shape index (κ3) is 29.5. The second kappa shape index (κ2) is 35.1. The van der Waals surface area contributed by atoms with Crippen molar-refractivity contribution in [1.82, 2.24) is 0 Å². The first-order chi connectivity index (χ1) is 28.0. The highest BCUT2D eigenvalue weighted by Crippen LogP contribution is 2.24. The lowest BCUT2D eigenvalue weighted by molar-refractivity contribution is -0.297. The molecule has 12 nitrogen and oxygen atoms in total. The molecule has 1 rings (SSSR count). The topological polar surface area (TPSA) is 186 Å². The van der Waals surface area contributed by atoms with Crippen molar-refractivity contribution in [3.05, 3.63) is 60.8 Å². The van der Waals surface area contributed by atoms with Gasteiger partial charge < -0.3 is 34.3 Å². The molecule has 0 bridgehead atoms. The number of carbonyl (C=O) groups excluding carboxylic acids is 2. The van der Waals surface area contributed by atoms with Gasteiger partial charge in [-0.15, -0.1) is 0 Å². The van der Waals surface area contributed by atoms with Crippen LogP contribution >= 0.6 is 0 Å². The van der Waals surface area contributed by atoms with Crippen molar-refractivity contribution in [3.63, 3.8) is 0 Å². The van der Waals surface area contributed by atoms with Crippen molar-refractivity contribution < 1.29 is 56.8 Å². The Morgan fingerprint density at radius 2 is 1.05 bits per heavy atom. The molecule has 58 heavy (non-hydrogen) atoms. The molecular formula is C45H76O12S. The molecule has 0 aromatic heterocycles. The molecule has 0 aromatic rings. The number of hydrogen-bond acceptors (Lipinski definition) is 11. The summed E-state index contributed by atoms with van der Waals surface area (Å²) in [6, 6.07) is 0. The summed E-state index contributed by atoms with van der Waals surface area (Å²) in [7, 11) is -4.61. The molecule has 1 saturated heterocycles. The van der Waals surface area contributed by atoms with Crippen LogP contribution in [0.25, 0.3) is 0 Å². The summed E-state index contributed by atoms with van der Waals surface area (Å²) in [5.41, 5.74) is 0. The van der Waals surface area contributed by atoms with Crippen molar-refractivity contribution in [2.45, 2.75) is 192 Å². The fourth-order valence-corrected chi connectivity index (χ4v) is 6.82. The van der Waals surface area contributed by atoms with Gasteiger partial charge in [0.05, 0.1) is 6.61 Å². The Balaban J connectivity index is 2.52. The Kier molecular flexibility index (Phi) is 32.3. The van der Waals surface area contributed by atoms with Crippen LogP contribution < -0.4 is 0 Å². The molecule has 2 unspecified atom stereocenters. The Hall–Kier alpha value is -2.65. The number of allylic oxidation sites excluding steroid dienone is 10. The minimum absolute atomic E-state index is 0.139. The van der Waals surface area contributed by atoms with Crippen molar-refractivity contribution in [3.8, 4) is 0 Å². The van der Waals surface area contributed by atoms with Crippen LogP contribution in [-0.4, -0.2) is 96.0 Å². The number of aliphatic hydroxyl groups excluding tert-OH is 3. The van der Waals surface area contributed by atoms with E-state index in [9.17, 15) is 37.9 Å². The molecule has 0 amide bonds. The predicted octanol–water partition coefficient (Wildman–Crippen LogP) is 8.56. The van der Waals surface area contributed by atoms with Gasteiger partial charge in [0.15, 0.2) is 12.4 Å². The van der Waals surface area contributed by atoms with E-state index in [1.807, 2.05) is 12.2 Å². The third-order valence-electron chi connectivity index (χ3n) is 9.57. The number of ether oxygens (including phenoxy) is 4. The van der Waals surface area contributed by atoms with Crippen LogP contribution in [-0.2, 0) is 38.7 Å². The second-order valence-electron chi connectivity index (χ2n) is 15.0. The van der Waals surface area contributed by atoms with Gasteiger partial charge in [-0.2, -0.15) is 8.42 Å². The zero-order chi connectivity index (χ0) is 42.7. The van der Waals surface area contributed by atoms with Crippen LogP contribution in [0.3, 0.4) is 0 Å². The number of esters is 2. The van der Waals surface area contributed by atoms with Crippen LogP contribution in [0.5, 0.6) is 0 Å². The molecule has 0 radical (unpaired) electrons. The Morgan fingerprint density at radius 1 is 0.586 bits per heavy atom. The molecule has 1 heterocycles. The lowest BCUT2D eigenvalue weighted by Gasteiger charge is -2.40. The fraction of sp³-hybridized carbons (Fsp3) is 0.733. The van der Waals surface area contributed by atoms with Crippen LogP contribution in [0.15, 0.2) is 60.8 Å². The first-order valence-corrected chi connectivity index (χ1v) is 23.5. The summed E-state index contributed by atoms with van der Waals surface area (Å²) in [6.45, 7) is 3.64. The van der Waals surface area contributed by atoms with E-state index in [2.05, 4.69) is 62.5 Å². The van der Waals surface area contributed by atoms with E-state index in [-0.39, 0.29) is 19.4 Å². The zero-order valence-corrected chi connectivity index (χ0v) is 36.2. The number of rotatable bonds is 35. The Bertz CT molecular complexity index is 1310. The maximum Gasteiger partial charge on any atom is 0.306 e. The first-order valence-electron chi connectivity index (χ1n) is 21.8. The van der Waals surface area contributed by atoms with Crippen molar-refractivity contribution in [2.75, 3.05) is 19.0 Å². The second-order valence-corrected chi connectivity index (χ2v) is 16.5. The summed E-state index contributed by atoms with van der Waals surface area (Å²) < 4.78 is 53.9. The van der Waals surface area contributed by atoms with E-state index in [0.29, 0.717) is 19.3 Å². The van der Waals surface area contributed by atoms with Gasteiger partial charge in [0, 0.05) is 12.8 Å². The molecule has 1 aliphatic rings. The maximum atomic E-state index is 12.8. The van der Waals surface area contributed by atoms with Crippen LogP contribution in [0.1, 0.15) is 155 Å². The van der Waals surface area contributed by atoms with E-state index in [0.717, 1.165) is 64.2 Å². The highest BCUT2D eigenvalue weighted by atomic mass is 32.2. The Morgan fingerprint density at radius 3 is 1.64 bits per heavy atom. The monoisotopic (exact) mass is 841 g/mol. The quantitative estimate of drug-likeness (QED) is 0.0207. The largest absolute Gasteiger partial charge is 0.462 e. The summed E-state index contributed by atoms with van der Waals surface area (Å²) in [6.07, 6.45) is 32.7. The fourth-order valence-electron chi connectivity index (χ4n) is 6.13. The molecule has 0 spiro atoms. The molecule has 1 aliphatic heterocycles. The lowest BCUT2D eigenvalue weighted by atomic mass is 10.00. The molecule has 6 atom stereocenters. The normalized spacial score (nSPS) is 21.0. The summed E-state index contributed by atoms with van der Waals surface area (Å²) in [4.78, 5) is 25.3. The van der Waals surface area contributed by atoms with Crippen molar-refractivity contribution >= 4 is 22.1 Å². The molecule has 1 fully saturated rings. The van der Waals surface area contributed by atoms with Gasteiger partial charge in [0.25, 0.3) is 10.1 Å². The first kappa shape index (κ1) is 53.4. The highest BCUT2D eigenvalue weighted by molar-refractivity contribution is 7.85. The number of hydrogen-bond donors (Lipinski definition) is 4. The molecule has 4 N–H and O–H groups in total. The van der Waals surface area contributed by atoms with Gasteiger partial charge in [0.2, 0.25) is 0 Å². The SMILES string of the molecule is CCCCC/C=C/C/C=C/C/C=C/C/C=C/CCCC(=O)OC[C@H](CO[C@H]1O[C@H](CS(=O)(=O)O)[C@@H](O)C(O)C1O)OC(=O)CCCCCCC/C=C/CCCCCC. The van der Waals surface area contributed by atoms with Crippen molar-refractivity contribution in [2.24, 2.45) is 0 Å². The Labute approximate surface area is 349 Å². The van der Waals surface area contributed by atoms with Gasteiger partial charge in [-0.1, -0.05) is 126 Å². The molecular weight excluding hydrogens is 765 g/mol. The van der Waals surface area contributed by atoms with E-state index in [4.69, 9.17) is 18.9 Å². The zero-order valence-electron chi connectivity index (χ0n) is 35.4. The third-order valence-corrected chi connectivity index (χ3v) is 10.3. The number of unbranched alkanes of at least 4 members (excludes halogenated alkanes) is 13. The van der Waals surface area contributed by atoms with E-state index >= 15 is 0 Å². The highest BCUT2D eigenvalue weighted by Gasteiger charge is 2.46. The van der Waals surface area contributed by atoms with Gasteiger partial charge in [-0.25, -0.2) is 0 Å². The number of aliphatic hydroxyl groups is 3. The lowest BCUT2D eigenvalue weighted by Crippen LogP contribution is -2.60. The minimum Gasteiger partial charge on any atom is -0.462 e. The summed E-state index contributed by atoms with van der Waals surface area (Å²) in [5.74, 6) is -2.07. The summed E-state index contributed by atoms with van der Waals surface area (Å²) >= 11 is 0. The van der Waals surface area contributed by atoms with Gasteiger partial charge in [-0.3, -0.25) is 14.1 Å². The van der Waals surface area contributed by atoms with Crippen LogP contribution in [0, 0.1) is 0 Å². The number of carbonyl (C=O) groups is 2. The minimum atomic E-state index is -4.61. The van der Waals surface area contributed by atoms with Crippen LogP contribution in [0.2, 0.25) is 0 Å². The molecule has 0 saturated carbocycles. The standard InChI is InChI=1S/C45H76O12S/c1-3-5-7-9-11-13-15-17-18-19-20-22-23-25-27-29-31-33-40(46)54-35-38(36-55-45-44(50)43(49)42(48)39(57-45)37-58(51,52)53)56-41(47)34-32-30-28-26-24-21-16-14-12-10-8-6-4-2/h11,13-14,16-18,20,22,25,27,38-39,42-45,48-50H,3-10,12,15,19,21,23-24,26,28-37H2,1-2H3,(H,51,52,53)/b13-11+,16-14+,18-17+,22-20+,27-25+/t38-,39-,42-,43?,44?,45+/m1/s1. The molecule has 13 heteroatoms. The molecule has 0 aliphatic carbocycles. The van der Waals surface area contributed by atoms with Gasteiger partial charge in [-0.05, 0) is 77.0 Å².